The first kappa shape index (κ1) is 11.5. The van der Waals surface area contributed by atoms with E-state index in [2.05, 4.69) is 10.6 Å². The molecule has 0 aromatic carbocycles. The summed E-state index contributed by atoms with van der Waals surface area (Å²) in [5.41, 5.74) is 5.15. The summed E-state index contributed by atoms with van der Waals surface area (Å²) < 4.78 is 0. The van der Waals surface area contributed by atoms with Crippen molar-refractivity contribution in [2.24, 2.45) is 5.73 Å². The molecule has 0 fully saturated rings. The first-order chi connectivity index (χ1) is 5.66. The SMILES string of the molecule is CNC(=S)NCCCSC(=N)N. The van der Waals surface area contributed by atoms with Crippen molar-refractivity contribution in [1.82, 2.24) is 10.6 Å². The lowest BCUT2D eigenvalue weighted by Gasteiger charge is -2.05. The predicted molar refractivity (Wildman–Crippen MR) is 58.6 cm³/mol. The van der Waals surface area contributed by atoms with Crippen LogP contribution in [-0.2, 0) is 0 Å². The van der Waals surface area contributed by atoms with Crippen LogP contribution >= 0.6 is 24.0 Å². The fraction of sp³-hybridized carbons (Fsp3) is 0.667. The number of rotatable bonds is 4. The molecule has 4 nitrogen and oxygen atoms in total. The number of nitrogens with two attached hydrogens (primary N) is 1. The molecule has 0 unspecified atom stereocenters. The Hall–Kier alpha value is -0.490. The van der Waals surface area contributed by atoms with Crippen molar-refractivity contribution in [1.29, 1.82) is 5.41 Å². The summed E-state index contributed by atoms with van der Waals surface area (Å²) >= 11 is 6.21. The van der Waals surface area contributed by atoms with Crippen molar-refractivity contribution in [2.75, 3.05) is 19.3 Å². The third-order valence-corrected chi connectivity index (χ3v) is 2.24. The smallest absolute Gasteiger partial charge is 0.166 e. The van der Waals surface area contributed by atoms with Gasteiger partial charge in [0.05, 0.1) is 0 Å². The zero-order chi connectivity index (χ0) is 9.40. The van der Waals surface area contributed by atoms with Gasteiger partial charge in [-0.05, 0) is 18.6 Å². The molecular weight excluding hydrogens is 192 g/mol. The van der Waals surface area contributed by atoms with Gasteiger partial charge in [-0.1, -0.05) is 11.8 Å². The second kappa shape index (κ2) is 7.17. The zero-order valence-corrected chi connectivity index (χ0v) is 8.65. The van der Waals surface area contributed by atoms with Gasteiger partial charge in [-0.25, -0.2) is 0 Å². The summed E-state index contributed by atoms with van der Waals surface area (Å²) in [6.45, 7) is 0.819. The highest BCUT2D eigenvalue weighted by molar-refractivity contribution is 8.13. The average Bonchev–Trinajstić information content (AvgIpc) is 2.03. The Labute approximate surface area is 82.2 Å². The van der Waals surface area contributed by atoms with E-state index in [0.717, 1.165) is 18.7 Å². The van der Waals surface area contributed by atoms with Gasteiger partial charge in [-0.2, -0.15) is 0 Å². The van der Waals surface area contributed by atoms with Gasteiger partial charge in [-0.15, -0.1) is 0 Å². The van der Waals surface area contributed by atoms with E-state index in [1.807, 2.05) is 0 Å². The van der Waals surface area contributed by atoms with Gasteiger partial charge in [0.2, 0.25) is 0 Å². The number of hydrogen-bond acceptors (Lipinski definition) is 3. The molecule has 0 aliphatic heterocycles. The Morgan fingerprint density at radius 1 is 1.67 bits per heavy atom. The maximum absolute atomic E-state index is 6.93. The molecule has 0 amide bonds. The quantitative estimate of drug-likeness (QED) is 0.227. The van der Waals surface area contributed by atoms with Gasteiger partial charge in [0, 0.05) is 19.3 Å². The van der Waals surface area contributed by atoms with Gasteiger partial charge >= 0.3 is 0 Å². The topological polar surface area (TPSA) is 73.9 Å². The van der Waals surface area contributed by atoms with Gasteiger partial charge in [0.15, 0.2) is 10.3 Å². The molecule has 0 bridgehead atoms. The van der Waals surface area contributed by atoms with E-state index >= 15 is 0 Å². The number of amidine groups is 1. The molecule has 0 aliphatic carbocycles. The normalized spacial score (nSPS) is 9.08. The molecule has 6 heteroatoms. The summed E-state index contributed by atoms with van der Waals surface area (Å²) in [4.78, 5) is 0. The highest BCUT2D eigenvalue weighted by Gasteiger charge is 1.92. The van der Waals surface area contributed by atoms with Crippen molar-refractivity contribution in [3.05, 3.63) is 0 Å². The van der Waals surface area contributed by atoms with E-state index in [1.54, 1.807) is 7.05 Å². The first-order valence-electron chi connectivity index (χ1n) is 3.59. The van der Waals surface area contributed by atoms with Crippen molar-refractivity contribution < 1.29 is 0 Å². The Balaban J connectivity index is 3.11. The largest absolute Gasteiger partial charge is 0.379 e. The van der Waals surface area contributed by atoms with Gasteiger partial charge < -0.3 is 16.4 Å². The van der Waals surface area contributed by atoms with Gasteiger partial charge in [0.25, 0.3) is 0 Å². The van der Waals surface area contributed by atoms with Crippen molar-refractivity contribution >= 4 is 34.3 Å². The van der Waals surface area contributed by atoms with Crippen LogP contribution in [0.25, 0.3) is 0 Å². The number of hydrogen-bond donors (Lipinski definition) is 4. The van der Waals surface area contributed by atoms with Gasteiger partial charge in [0.1, 0.15) is 0 Å². The molecular formula is C6H14N4S2. The third kappa shape index (κ3) is 7.62. The van der Waals surface area contributed by atoms with E-state index in [1.165, 1.54) is 11.8 Å². The number of thioether (sulfide) groups is 1. The molecule has 0 saturated heterocycles. The van der Waals surface area contributed by atoms with Crippen LogP contribution in [-0.4, -0.2) is 29.6 Å². The third-order valence-electron chi connectivity index (χ3n) is 1.09. The maximum atomic E-state index is 6.93. The van der Waals surface area contributed by atoms with Crippen molar-refractivity contribution in [2.45, 2.75) is 6.42 Å². The molecule has 0 atom stereocenters. The molecule has 0 spiro atoms. The Morgan fingerprint density at radius 2 is 2.33 bits per heavy atom. The lowest BCUT2D eigenvalue weighted by Crippen LogP contribution is -2.33. The fourth-order valence-electron chi connectivity index (χ4n) is 0.545. The molecule has 0 radical (unpaired) electrons. The minimum atomic E-state index is 0.172. The number of thiocarbonyl (C=S) groups is 1. The maximum Gasteiger partial charge on any atom is 0.166 e. The molecule has 0 heterocycles. The Morgan fingerprint density at radius 3 is 2.83 bits per heavy atom. The van der Waals surface area contributed by atoms with E-state index in [9.17, 15) is 0 Å². The molecule has 0 aromatic heterocycles. The molecule has 0 aromatic rings. The molecule has 0 saturated carbocycles. The highest BCUT2D eigenvalue weighted by Crippen LogP contribution is 1.98. The molecule has 0 rings (SSSR count). The van der Waals surface area contributed by atoms with Crippen LogP contribution in [0.4, 0.5) is 0 Å². The second-order valence-electron chi connectivity index (χ2n) is 2.07. The van der Waals surface area contributed by atoms with Crippen LogP contribution in [0.3, 0.4) is 0 Å². The van der Waals surface area contributed by atoms with Crippen LogP contribution in [0.5, 0.6) is 0 Å². The standard InChI is InChI=1S/C6H14N4S2/c1-9-6(11)10-3-2-4-12-5(7)8/h2-4H2,1H3,(H3,7,8)(H2,9,10,11). The first-order valence-corrected chi connectivity index (χ1v) is 4.98. The minimum absolute atomic E-state index is 0.172. The fourth-order valence-corrected chi connectivity index (χ4v) is 1.16. The van der Waals surface area contributed by atoms with Crippen molar-refractivity contribution in [3.8, 4) is 0 Å². The van der Waals surface area contributed by atoms with E-state index in [-0.39, 0.29) is 5.17 Å². The van der Waals surface area contributed by atoms with E-state index < -0.39 is 0 Å². The molecule has 70 valence electrons. The molecule has 5 N–H and O–H groups in total. The lowest BCUT2D eigenvalue weighted by atomic mass is 10.5. The van der Waals surface area contributed by atoms with Gasteiger partial charge in [-0.3, -0.25) is 5.41 Å². The molecule has 0 aliphatic rings. The van der Waals surface area contributed by atoms with E-state index in [0.29, 0.717) is 5.11 Å². The van der Waals surface area contributed by atoms with E-state index in [4.69, 9.17) is 23.4 Å². The summed E-state index contributed by atoms with van der Waals surface area (Å²) in [6, 6.07) is 0. The Kier molecular flexibility index (Phi) is 6.88. The summed E-state index contributed by atoms with van der Waals surface area (Å²) in [5.74, 6) is 0.856. The zero-order valence-electron chi connectivity index (χ0n) is 7.02. The van der Waals surface area contributed by atoms with Crippen LogP contribution in [0.15, 0.2) is 0 Å². The highest BCUT2D eigenvalue weighted by atomic mass is 32.2. The van der Waals surface area contributed by atoms with Crippen LogP contribution in [0.1, 0.15) is 6.42 Å². The Bertz CT molecular complexity index is 160. The summed E-state index contributed by atoms with van der Waals surface area (Å²) in [7, 11) is 1.78. The monoisotopic (exact) mass is 206 g/mol. The predicted octanol–water partition coefficient (Wildman–Crippen LogP) is 0.0971. The average molecular weight is 206 g/mol. The van der Waals surface area contributed by atoms with Crippen LogP contribution in [0, 0.1) is 5.41 Å². The van der Waals surface area contributed by atoms with Crippen LogP contribution < -0.4 is 16.4 Å². The van der Waals surface area contributed by atoms with Crippen molar-refractivity contribution in [3.63, 3.8) is 0 Å². The number of nitrogens with one attached hydrogen (secondary N) is 3. The lowest BCUT2D eigenvalue weighted by molar-refractivity contribution is 0.836. The second-order valence-corrected chi connectivity index (χ2v) is 3.62. The molecule has 12 heavy (non-hydrogen) atoms. The van der Waals surface area contributed by atoms with Crippen LogP contribution in [0.2, 0.25) is 0 Å². The minimum Gasteiger partial charge on any atom is -0.379 e. The summed E-state index contributed by atoms with van der Waals surface area (Å²) in [5, 5.41) is 13.6. The summed E-state index contributed by atoms with van der Waals surface area (Å²) in [6.07, 6.45) is 0.950.